The molecule has 15 rings (SSSR count). The number of fused-ring (bicyclic) bond motifs is 12. The molecule has 12 bridgehead atoms. The molecule has 8 aliphatic rings. The first-order valence-electron chi connectivity index (χ1n) is 18.9. The van der Waals surface area contributed by atoms with Gasteiger partial charge in [0.15, 0.2) is 0 Å². The number of aromatic nitrogens is 4. The number of hydrogen-bond donors (Lipinski definition) is 2. The Kier molecular flexibility index (Phi) is 5.25. The molecule has 4 nitrogen and oxygen atoms in total. The molecule has 0 amide bonds. The average Bonchev–Trinajstić information content (AvgIpc) is 3.98. The van der Waals surface area contributed by atoms with Crippen LogP contribution in [0.25, 0.3) is 66.9 Å². The maximum atomic E-state index is 5.61. The zero-order chi connectivity index (χ0) is 33.7. The van der Waals surface area contributed by atoms with Gasteiger partial charge in [0.25, 0.3) is 0 Å². The van der Waals surface area contributed by atoms with Crippen LogP contribution >= 0.6 is 0 Å². The molecule has 0 fully saturated rings. The summed E-state index contributed by atoms with van der Waals surface area (Å²) >= 11 is 0. The van der Waals surface area contributed by atoms with E-state index in [0.717, 1.165) is 46.7 Å². The summed E-state index contributed by atoms with van der Waals surface area (Å²) < 4.78 is 0. The molecule has 5 heterocycles. The topological polar surface area (TPSA) is 57.4 Å². The molecule has 4 heteroatoms. The molecular weight excluding hydrogens is 633 g/mol. The molecule has 0 radical (unpaired) electrons. The zero-order valence-corrected chi connectivity index (χ0v) is 28.6. The minimum Gasteiger partial charge on any atom is -0.355 e. The number of nitrogens with zero attached hydrogens (tertiary/aromatic N) is 2. The van der Waals surface area contributed by atoms with Crippen LogP contribution in [0.4, 0.5) is 0 Å². The standard InChI is InChI=1S/C48H34N4/c1-3-7-27-19-39-35-15-13-33(37(39)17-25(27)5-1)45-41-22-31-11-9-29(49-31)21-30-10-12-32(50-30)23-42-46-34-14-16-36(48(46)44(52-42)24-43(51-41)47(35)45)40-20-28-8-4-2-6-26(28)18-38(34)40/h1-12,17-24,33-36,49,52H,13-16H2. The Bertz CT molecular complexity index is 3010. The van der Waals surface area contributed by atoms with E-state index in [-0.39, 0.29) is 0 Å². The van der Waals surface area contributed by atoms with Gasteiger partial charge in [-0.2, -0.15) is 0 Å². The molecule has 246 valence electrons. The molecule has 4 unspecified atom stereocenters. The third kappa shape index (κ3) is 3.71. The first-order valence-corrected chi connectivity index (χ1v) is 18.9. The lowest BCUT2D eigenvalue weighted by Gasteiger charge is -2.40. The van der Waals surface area contributed by atoms with E-state index in [9.17, 15) is 0 Å². The number of aromatic amines is 2. The van der Waals surface area contributed by atoms with E-state index < -0.39 is 0 Å². The van der Waals surface area contributed by atoms with Gasteiger partial charge in [0.1, 0.15) is 0 Å². The van der Waals surface area contributed by atoms with Crippen LogP contribution in [0.1, 0.15) is 106 Å². The molecule has 52 heavy (non-hydrogen) atoms. The normalized spacial score (nSPS) is 21.8. The fourth-order valence-corrected chi connectivity index (χ4v) is 11.0. The van der Waals surface area contributed by atoms with Gasteiger partial charge in [0.2, 0.25) is 0 Å². The zero-order valence-electron chi connectivity index (χ0n) is 28.6. The van der Waals surface area contributed by atoms with Crippen molar-refractivity contribution in [3.8, 4) is 0 Å². The van der Waals surface area contributed by atoms with E-state index in [1.54, 1.807) is 0 Å². The van der Waals surface area contributed by atoms with Gasteiger partial charge in [-0.25, -0.2) is 9.97 Å². The second kappa shape index (κ2) is 9.86. The van der Waals surface area contributed by atoms with Gasteiger partial charge in [-0.15, -0.1) is 0 Å². The smallest absolute Gasteiger partial charge is 0.0699 e. The number of nitrogens with one attached hydrogen (secondary N) is 2. The Balaban J connectivity index is 1.12. The Morgan fingerprint density at radius 1 is 0.423 bits per heavy atom. The predicted octanol–water partition coefficient (Wildman–Crippen LogP) is 11.7. The van der Waals surface area contributed by atoms with Crippen LogP contribution in [0.2, 0.25) is 0 Å². The summed E-state index contributed by atoms with van der Waals surface area (Å²) in [4.78, 5) is 18.4. The van der Waals surface area contributed by atoms with Crippen molar-refractivity contribution < 1.29 is 0 Å². The SMILES string of the molecule is C1=Cc2cc3[nH]c(cc4nc(cc5ccc(cc1n2)[nH]5)C1=C4C2CCC1c1cc4ccccc4cc12)c1c3C2CCC1c1cc3ccccc3cc12. The van der Waals surface area contributed by atoms with Crippen LogP contribution in [-0.2, 0) is 0 Å². The maximum Gasteiger partial charge on any atom is 0.0699 e. The Labute approximate surface area is 300 Å². The maximum absolute atomic E-state index is 5.61. The Hall–Kier alpha value is -6.00. The second-order valence-electron chi connectivity index (χ2n) is 15.8. The van der Waals surface area contributed by atoms with Crippen LogP contribution < -0.4 is 0 Å². The van der Waals surface area contributed by atoms with Gasteiger partial charge in [0.05, 0.1) is 22.8 Å². The molecule has 6 aliphatic carbocycles. The van der Waals surface area contributed by atoms with Crippen LogP contribution in [-0.4, -0.2) is 19.9 Å². The summed E-state index contributed by atoms with van der Waals surface area (Å²) in [6, 6.07) is 41.1. The number of benzene rings is 4. The summed E-state index contributed by atoms with van der Waals surface area (Å²) in [6.45, 7) is 0. The fraction of sp³-hybridized carbons (Fsp3) is 0.167. The van der Waals surface area contributed by atoms with E-state index in [2.05, 4.69) is 131 Å². The number of allylic oxidation sites excluding steroid dienone is 2. The molecule has 2 aliphatic heterocycles. The van der Waals surface area contributed by atoms with Gasteiger partial charge < -0.3 is 9.97 Å². The average molecular weight is 667 g/mol. The number of H-pyrrole nitrogens is 2. The summed E-state index contributed by atoms with van der Waals surface area (Å²) in [5.41, 5.74) is 20.5. The summed E-state index contributed by atoms with van der Waals surface area (Å²) in [7, 11) is 0. The van der Waals surface area contributed by atoms with Gasteiger partial charge in [-0.05, 0) is 140 Å². The van der Waals surface area contributed by atoms with E-state index in [0.29, 0.717) is 23.7 Å². The molecule has 0 saturated carbocycles. The van der Waals surface area contributed by atoms with Crippen molar-refractivity contribution in [1.82, 2.24) is 19.9 Å². The van der Waals surface area contributed by atoms with Crippen molar-refractivity contribution in [2.24, 2.45) is 0 Å². The molecule has 3 aromatic heterocycles. The monoisotopic (exact) mass is 666 g/mol. The lowest BCUT2D eigenvalue weighted by Crippen LogP contribution is -2.24. The molecule has 4 atom stereocenters. The van der Waals surface area contributed by atoms with Crippen LogP contribution in [0, 0.1) is 0 Å². The van der Waals surface area contributed by atoms with Crippen LogP contribution in [0.3, 0.4) is 0 Å². The molecule has 4 aromatic carbocycles. The summed E-state index contributed by atoms with van der Waals surface area (Å²) in [6.07, 6.45) is 8.94. The number of rotatable bonds is 0. The van der Waals surface area contributed by atoms with Crippen molar-refractivity contribution in [2.75, 3.05) is 0 Å². The van der Waals surface area contributed by atoms with Gasteiger partial charge in [-0.1, -0.05) is 72.8 Å². The Morgan fingerprint density at radius 2 is 0.885 bits per heavy atom. The largest absolute Gasteiger partial charge is 0.355 e. The van der Waals surface area contributed by atoms with E-state index in [1.807, 2.05) is 0 Å². The van der Waals surface area contributed by atoms with E-state index in [1.165, 1.54) is 89.9 Å². The molecular formula is C48H34N4. The summed E-state index contributed by atoms with van der Waals surface area (Å²) in [5, 5.41) is 5.33. The second-order valence-corrected chi connectivity index (χ2v) is 15.8. The lowest BCUT2D eigenvalue weighted by atomic mass is 9.62. The number of hydrogen-bond acceptors (Lipinski definition) is 2. The molecule has 0 saturated heterocycles. The quantitative estimate of drug-likeness (QED) is 0.169. The van der Waals surface area contributed by atoms with E-state index in [4.69, 9.17) is 9.97 Å². The van der Waals surface area contributed by atoms with Crippen LogP contribution in [0.5, 0.6) is 0 Å². The predicted molar refractivity (Wildman–Crippen MR) is 212 cm³/mol. The molecule has 7 aromatic rings. The van der Waals surface area contributed by atoms with E-state index >= 15 is 0 Å². The van der Waals surface area contributed by atoms with Crippen LogP contribution in [0.15, 0.2) is 109 Å². The minimum absolute atomic E-state index is 0.335. The first kappa shape index (κ1) is 27.7. The summed E-state index contributed by atoms with van der Waals surface area (Å²) in [5.74, 6) is 1.38. The molecule has 2 N–H and O–H groups in total. The van der Waals surface area contributed by atoms with Gasteiger partial charge in [0, 0.05) is 45.7 Å². The van der Waals surface area contributed by atoms with Crippen molar-refractivity contribution >= 4 is 66.9 Å². The van der Waals surface area contributed by atoms with Crippen molar-refractivity contribution in [3.63, 3.8) is 0 Å². The molecule has 0 spiro atoms. The highest BCUT2D eigenvalue weighted by atomic mass is 14.8. The Morgan fingerprint density at radius 3 is 1.46 bits per heavy atom. The van der Waals surface area contributed by atoms with Crippen molar-refractivity contribution in [2.45, 2.75) is 49.4 Å². The minimum atomic E-state index is 0.335. The van der Waals surface area contributed by atoms with Gasteiger partial charge >= 0.3 is 0 Å². The van der Waals surface area contributed by atoms with Crippen molar-refractivity contribution in [1.29, 1.82) is 0 Å². The third-order valence-corrected chi connectivity index (χ3v) is 13.1. The van der Waals surface area contributed by atoms with Gasteiger partial charge in [-0.3, -0.25) is 0 Å². The highest BCUT2D eigenvalue weighted by molar-refractivity contribution is 6.03. The first-order chi connectivity index (χ1) is 25.7. The highest BCUT2D eigenvalue weighted by Crippen LogP contribution is 2.61. The van der Waals surface area contributed by atoms with Crippen molar-refractivity contribution in [3.05, 3.63) is 165 Å². The highest BCUT2D eigenvalue weighted by Gasteiger charge is 2.44. The fourth-order valence-electron chi connectivity index (χ4n) is 11.0. The third-order valence-electron chi connectivity index (χ3n) is 13.1. The lowest BCUT2D eigenvalue weighted by molar-refractivity contribution is 0.528.